The second kappa shape index (κ2) is 11.3. The van der Waals surface area contributed by atoms with Crippen molar-refractivity contribution in [2.24, 2.45) is 0 Å². The van der Waals surface area contributed by atoms with E-state index in [0.29, 0.717) is 29.7 Å². The van der Waals surface area contributed by atoms with Gasteiger partial charge in [-0.1, -0.05) is 42.5 Å². The number of ether oxygens (including phenoxy) is 2. The molecule has 0 heterocycles. The molecule has 162 valence electrons. The number of esters is 1. The molecule has 0 spiro atoms. The van der Waals surface area contributed by atoms with E-state index in [-0.39, 0.29) is 12.5 Å². The fraction of sp³-hybridized carbons (Fsp3) is 0.192. The lowest BCUT2D eigenvalue weighted by molar-refractivity contribution is -0.147. The van der Waals surface area contributed by atoms with Crippen molar-refractivity contribution in [1.29, 1.82) is 5.26 Å². The Bertz CT molecular complexity index is 1070. The normalized spacial score (nSPS) is 11.1. The molecule has 3 aromatic carbocycles. The number of methoxy groups -OCH3 is 1. The molecule has 6 heteroatoms. The lowest BCUT2D eigenvalue weighted by Gasteiger charge is -2.18. The summed E-state index contributed by atoms with van der Waals surface area (Å²) in [4.78, 5) is 25.5. The number of nitrogens with one attached hydrogen (secondary N) is 1. The highest BCUT2D eigenvalue weighted by Gasteiger charge is 2.23. The van der Waals surface area contributed by atoms with Crippen LogP contribution in [-0.2, 0) is 22.6 Å². The Balaban J connectivity index is 1.68. The van der Waals surface area contributed by atoms with Crippen molar-refractivity contribution >= 4 is 11.9 Å². The van der Waals surface area contributed by atoms with Crippen LogP contribution in [0.1, 0.15) is 33.5 Å². The number of nitrogens with zero attached hydrogens (tertiary/aromatic N) is 1. The molecule has 0 unspecified atom stereocenters. The SMILES string of the molecule is COc1ccc(C(=O)N[C@H](CCc2ccc(C#N)cc2)C(=O)OCc2ccccc2)cc1. The maximum absolute atomic E-state index is 12.8. The van der Waals surface area contributed by atoms with Gasteiger partial charge in [0.1, 0.15) is 18.4 Å². The van der Waals surface area contributed by atoms with Crippen molar-refractivity contribution in [3.63, 3.8) is 0 Å². The minimum atomic E-state index is -0.816. The first-order valence-electron chi connectivity index (χ1n) is 10.2. The topological polar surface area (TPSA) is 88.4 Å². The van der Waals surface area contributed by atoms with Gasteiger partial charge in [0.15, 0.2) is 0 Å². The summed E-state index contributed by atoms with van der Waals surface area (Å²) >= 11 is 0. The van der Waals surface area contributed by atoms with Crippen molar-refractivity contribution in [1.82, 2.24) is 5.32 Å². The third-order valence-electron chi connectivity index (χ3n) is 4.97. The van der Waals surface area contributed by atoms with E-state index in [9.17, 15) is 9.59 Å². The molecule has 1 amide bonds. The molecular formula is C26H24N2O4. The Hall–Kier alpha value is -4.11. The van der Waals surface area contributed by atoms with Crippen LogP contribution in [-0.4, -0.2) is 25.0 Å². The summed E-state index contributed by atoms with van der Waals surface area (Å²) in [5.41, 5.74) is 2.82. The quantitative estimate of drug-likeness (QED) is 0.520. The van der Waals surface area contributed by atoms with E-state index in [2.05, 4.69) is 11.4 Å². The fourth-order valence-corrected chi connectivity index (χ4v) is 3.12. The number of carbonyl (C=O) groups is 2. The lowest BCUT2D eigenvalue weighted by Crippen LogP contribution is -2.42. The van der Waals surface area contributed by atoms with E-state index < -0.39 is 12.0 Å². The highest BCUT2D eigenvalue weighted by atomic mass is 16.5. The second-order valence-electron chi connectivity index (χ2n) is 7.20. The van der Waals surface area contributed by atoms with Gasteiger partial charge in [-0.3, -0.25) is 4.79 Å². The van der Waals surface area contributed by atoms with E-state index in [0.717, 1.165) is 11.1 Å². The average Bonchev–Trinajstić information content (AvgIpc) is 2.86. The minimum absolute atomic E-state index is 0.130. The Morgan fingerprint density at radius 2 is 1.62 bits per heavy atom. The predicted octanol–water partition coefficient (Wildman–Crippen LogP) is 4.04. The third kappa shape index (κ3) is 6.44. The van der Waals surface area contributed by atoms with Gasteiger partial charge in [0, 0.05) is 5.56 Å². The van der Waals surface area contributed by atoms with Gasteiger partial charge >= 0.3 is 5.97 Å². The Labute approximate surface area is 187 Å². The molecule has 0 saturated heterocycles. The van der Waals surface area contributed by atoms with Crippen LogP contribution in [0.4, 0.5) is 0 Å². The summed E-state index contributed by atoms with van der Waals surface area (Å²) < 4.78 is 10.6. The van der Waals surface area contributed by atoms with Crippen LogP contribution < -0.4 is 10.1 Å². The Morgan fingerprint density at radius 3 is 2.25 bits per heavy atom. The number of hydrogen-bond acceptors (Lipinski definition) is 5. The Kier molecular flexibility index (Phi) is 7.99. The zero-order valence-corrected chi connectivity index (χ0v) is 17.8. The monoisotopic (exact) mass is 428 g/mol. The van der Waals surface area contributed by atoms with Gasteiger partial charge in [-0.25, -0.2) is 4.79 Å². The average molecular weight is 428 g/mol. The molecule has 3 aromatic rings. The maximum atomic E-state index is 12.8. The van der Waals surface area contributed by atoms with Gasteiger partial charge in [0.05, 0.1) is 18.7 Å². The first-order chi connectivity index (χ1) is 15.6. The van der Waals surface area contributed by atoms with Crippen molar-refractivity contribution in [2.45, 2.75) is 25.5 Å². The van der Waals surface area contributed by atoms with Gasteiger partial charge in [-0.05, 0) is 60.4 Å². The van der Waals surface area contributed by atoms with E-state index in [1.807, 2.05) is 42.5 Å². The Morgan fingerprint density at radius 1 is 0.938 bits per heavy atom. The molecule has 1 atom stereocenters. The first kappa shape index (κ1) is 22.6. The van der Waals surface area contributed by atoms with E-state index in [4.69, 9.17) is 14.7 Å². The molecule has 0 aliphatic heterocycles. The predicted molar refractivity (Wildman–Crippen MR) is 120 cm³/mol. The largest absolute Gasteiger partial charge is 0.497 e. The minimum Gasteiger partial charge on any atom is -0.497 e. The van der Waals surface area contributed by atoms with Crippen LogP contribution in [0.2, 0.25) is 0 Å². The maximum Gasteiger partial charge on any atom is 0.328 e. The molecule has 0 fully saturated rings. The van der Waals surface area contributed by atoms with Crippen LogP contribution in [0, 0.1) is 11.3 Å². The van der Waals surface area contributed by atoms with Crippen LogP contribution in [0.15, 0.2) is 78.9 Å². The number of amides is 1. The molecule has 0 bridgehead atoms. The summed E-state index contributed by atoms with van der Waals surface area (Å²) in [7, 11) is 1.55. The summed E-state index contributed by atoms with van der Waals surface area (Å²) in [6, 6.07) is 24.4. The van der Waals surface area contributed by atoms with Gasteiger partial charge in [0.2, 0.25) is 0 Å². The summed E-state index contributed by atoms with van der Waals surface area (Å²) in [6.45, 7) is 0.130. The number of rotatable bonds is 9. The van der Waals surface area contributed by atoms with Crippen LogP contribution in [0.25, 0.3) is 0 Å². The van der Waals surface area contributed by atoms with E-state index >= 15 is 0 Å². The van der Waals surface area contributed by atoms with Crippen molar-refractivity contribution in [3.8, 4) is 11.8 Å². The van der Waals surface area contributed by atoms with Gasteiger partial charge in [0.25, 0.3) is 5.91 Å². The lowest BCUT2D eigenvalue weighted by atomic mass is 10.0. The molecule has 1 N–H and O–H groups in total. The van der Waals surface area contributed by atoms with Gasteiger partial charge < -0.3 is 14.8 Å². The van der Waals surface area contributed by atoms with E-state index in [1.165, 1.54) is 0 Å². The summed E-state index contributed by atoms with van der Waals surface area (Å²) in [6.07, 6.45) is 0.904. The van der Waals surface area contributed by atoms with Crippen molar-refractivity contribution < 1.29 is 19.1 Å². The standard InChI is InChI=1S/C26H24N2O4/c1-31-23-14-12-22(13-15-23)25(29)28-24(16-11-19-7-9-20(17-27)10-8-19)26(30)32-18-21-5-3-2-4-6-21/h2-10,12-15,24H,11,16,18H2,1H3,(H,28,29)/t24-/m1/s1. The first-order valence-corrected chi connectivity index (χ1v) is 10.2. The summed E-state index contributed by atoms with van der Waals surface area (Å²) in [5, 5.41) is 11.7. The molecule has 32 heavy (non-hydrogen) atoms. The molecule has 0 aromatic heterocycles. The highest BCUT2D eigenvalue weighted by molar-refractivity contribution is 5.96. The zero-order chi connectivity index (χ0) is 22.8. The molecular weight excluding hydrogens is 404 g/mol. The van der Waals surface area contributed by atoms with Crippen molar-refractivity contribution in [2.75, 3.05) is 7.11 Å². The van der Waals surface area contributed by atoms with Gasteiger partial charge in [-0.15, -0.1) is 0 Å². The highest BCUT2D eigenvalue weighted by Crippen LogP contribution is 2.13. The number of carbonyl (C=O) groups excluding carboxylic acids is 2. The van der Waals surface area contributed by atoms with Crippen LogP contribution >= 0.6 is 0 Å². The number of benzene rings is 3. The fourth-order valence-electron chi connectivity index (χ4n) is 3.12. The van der Waals surface area contributed by atoms with Crippen LogP contribution in [0.5, 0.6) is 5.75 Å². The number of nitriles is 1. The number of hydrogen-bond donors (Lipinski definition) is 1. The molecule has 0 radical (unpaired) electrons. The van der Waals surface area contributed by atoms with E-state index in [1.54, 1.807) is 43.5 Å². The molecule has 6 nitrogen and oxygen atoms in total. The smallest absolute Gasteiger partial charge is 0.328 e. The molecule has 0 aliphatic rings. The molecule has 0 saturated carbocycles. The van der Waals surface area contributed by atoms with Gasteiger partial charge in [-0.2, -0.15) is 5.26 Å². The second-order valence-corrected chi connectivity index (χ2v) is 7.20. The van der Waals surface area contributed by atoms with Crippen LogP contribution in [0.3, 0.4) is 0 Å². The third-order valence-corrected chi connectivity index (χ3v) is 4.97. The summed E-state index contributed by atoms with van der Waals surface area (Å²) in [5.74, 6) is -0.223. The molecule has 0 aliphatic carbocycles. The number of aryl methyl sites for hydroxylation is 1. The molecule has 3 rings (SSSR count). The van der Waals surface area contributed by atoms with Crippen molar-refractivity contribution in [3.05, 3.63) is 101 Å². The zero-order valence-electron chi connectivity index (χ0n) is 17.8.